The molecule has 1 N–H and O–H groups in total. The quantitative estimate of drug-likeness (QED) is 0.0523. The third kappa shape index (κ3) is 15.5. The van der Waals surface area contributed by atoms with Gasteiger partial charge in [-0.25, -0.2) is 0 Å². The zero-order valence-corrected chi connectivity index (χ0v) is 27.6. The van der Waals surface area contributed by atoms with Crippen molar-refractivity contribution in [3.63, 3.8) is 0 Å². The predicted molar refractivity (Wildman–Crippen MR) is 179 cm³/mol. The van der Waals surface area contributed by atoms with E-state index in [9.17, 15) is 19.7 Å². The molecule has 244 valence electrons. The Morgan fingerprint density at radius 1 is 0.727 bits per heavy atom. The van der Waals surface area contributed by atoms with Gasteiger partial charge in [0, 0.05) is 37.1 Å². The molecule has 0 heterocycles. The number of nitro benzene ring substituents is 1. The molecule has 0 spiro atoms. The lowest BCUT2D eigenvalue weighted by Gasteiger charge is -2.14. The molecule has 0 aliphatic carbocycles. The van der Waals surface area contributed by atoms with Crippen LogP contribution in [-0.2, 0) is 11.4 Å². The van der Waals surface area contributed by atoms with Crippen molar-refractivity contribution in [3.05, 3.63) is 68.8 Å². The number of carbonyl (C=O) groups excluding carboxylic acids is 2. The van der Waals surface area contributed by atoms with E-state index < -0.39 is 4.92 Å². The Morgan fingerprint density at radius 2 is 1.20 bits per heavy atom. The second kappa shape index (κ2) is 22.3. The second-order valence-corrected chi connectivity index (χ2v) is 12.2. The molecule has 0 aliphatic rings. The molecule has 0 bridgehead atoms. The van der Waals surface area contributed by atoms with Crippen LogP contribution in [0.15, 0.2) is 36.4 Å². The number of Topliss-reactive ketones (excluding diaryl/α,β-unsaturated/α-hetero) is 1. The summed E-state index contributed by atoms with van der Waals surface area (Å²) >= 11 is 0. The van der Waals surface area contributed by atoms with E-state index in [2.05, 4.69) is 12.2 Å². The predicted octanol–water partition coefficient (Wildman–Crippen LogP) is 10.1. The van der Waals surface area contributed by atoms with E-state index in [1.807, 2.05) is 13.8 Å². The molecule has 44 heavy (non-hydrogen) atoms. The zero-order valence-electron chi connectivity index (χ0n) is 27.6. The molecule has 0 saturated carbocycles. The van der Waals surface area contributed by atoms with Crippen LogP contribution in [0.5, 0.6) is 5.75 Å². The summed E-state index contributed by atoms with van der Waals surface area (Å²) in [5, 5.41) is 13.8. The number of aryl methyl sites for hydroxylation is 2. The Balaban J connectivity index is 1.52. The lowest BCUT2D eigenvalue weighted by Crippen LogP contribution is -2.24. The van der Waals surface area contributed by atoms with Crippen molar-refractivity contribution in [1.82, 2.24) is 5.32 Å². The average molecular weight is 609 g/mol. The molecule has 2 aromatic carbocycles. The molecule has 2 rings (SSSR count). The number of ether oxygens (including phenoxy) is 1. The van der Waals surface area contributed by atoms with Gasteiger partial charge in [-0.15, -0.1) is 0 Å². The normalized spacial score (nSPS) is 11.0. The van der Waals surface area contributed by atoms with Gasteiger partial charge in [0.1, 0.15) is 12.4 Å². The maximum atomic E-state index is 12.8. The monoisotopic (exact) mass is 608 g/mol. The lowest BCUT2D eigenvalue weighted by molar-refractivity contribution is -0.384. The molecule has 2 aromatic rings. The largest absolute Gasteiger partial charge is 0.488 e. The van der Waals surface area contributed by atoms with Gasteiger partial charge in [-0.3, -0.25) is 19.7 Å². The van der Waals surface area contributed by atoms with Gasteiger partial charge in [-0.2, -0.15) is 0 Å². The summed E-state index contributed by atoms with van der Waals surface area (Å²) in [6, 6.07) is 9.86. The third-order valence-electron chi connectivity index (χ3n) is 8.24. The van der Waals surface area contributed by atoms with Crippen LogP contribution in [0.25, 0.3) is 0 Å². The van der Waals surface area contributed by atoms with Crippen LogP contribution in [0.4, 0.5) is 5.69 Å². The maximum Gasteiger partial charge on any atom is 0.269 e. The SMILES string of the molecule is CCCCCCCCCCCCCCCCCCNC(=O)CCC(=O)c1cc(C)c(OCc2ccc([N+](=O)[O-])cc2)c(C)c1. The lowest BCUT2D eigenvalue weighted by atomic mass is 10.00. The van der Waals surface area contributed by atoms with Crippen LogP contribution in [0.3, 0.4) is 0 Å². The van der Waals surface area contributed by atoms with E-state index in [0.29, 0.717) is 17.9 Å². The number of hydrogen-bond donors (Lipinski definition) is 1. The minimum Gasteiger partial charge on any atom is -0.488 e. The topological polar surface area (TPSA) is 98.5 Å². The van der Waals surface area contributed by atoms with Crippen LogP contribution in [-0.4, -0.2) is 23.2 Å². The van der Waals surface area contributed by atoms with Gasteiger partial charge < -0.3 is 10.1 Å². The molecule has 0 radical (unpaired) electrons. The Kier molecular flexibility index (Phi) is 18.7. The first-order valence-corrected chi connectivity index (χ1v) is 17.1. The van der Waals surface area contributed by atoms with Crippen molar-refractivity contribution in [1.29, 1.82) is 0 Å². The summed E-state index contributed by atoms with van der Waals surface area (Å²) in [5.41, 5.74) is 3.11. The summed E-state index contributed by atoms with van der Waals surface area (Å²) in [7, 11) is 0. The van der Waals surface area contributed by atoms with E-state index in [0.717, 1.165) is 29.5 Å². The Hall–Kier alpha value is -3.22. The fourth-order valence-electron chi connectivity index (χ4n) is 5.57. The van der Waals surface area contributed by atoms with Gasteiger partial charge in [0.2, 0.25) is 5.91 Å². The number of hydrogen-bond acceptors (Lipinski definition) is 5. The third-order valence-corrected chi connectivity index (χ3v) is 8.24. The number of amides is 1. The molecule has 7 nitrogen and oxygen atoms in total. The first-order chi connectivity index (χ1) is 21.3. The number of nitro groups is 1. The Morgan fingerprint density at radius 3 is 1.68 bits per heavy atom. The summed E-state index contributed by atoms with van der Waals surface area (Å²) in [5.74, 6) is 0.558. The number of benzene rings is 2. The molecule has 0 fully saturated rings. The molecule has 0 saturated heterocycles. The van der Waals surface area contributed by atoms with Gasteiger partial charge >= 0.3 is 0 Å². The standard InChI is InChI=1S/C37H56N2O5/c1-4-5-6-7-8-9-10-11-12-13-14-15-16-17-18-19-26-38-36(41)25-24-35(40)33-27-30(2)37(31(3)28-33)44-29-32-20-22-34(23-21-32)39(42)43/h20-23,27-28H,4-19,24-26,29H2,1-3H3,(H,38,41). The highest BCUT2D eigenvalue weighted by atomic mass is 16.6. The van der Waals surface area contributed by atoms with Crippen molar-refractivity contribution >= 4 is 17.4 Å². The number of nitrogens with zero attached hydrogens (tertiary/aromatic N) is 1. The summed E-state index contributed by atoms with van der Waals surface area (Å²) < 4.78 is 5.97. The van der Waals surface area contributed by atoms with E-state index in [1.165, 1.54) is 102 Å². The van der Waals surface area contributed by atoms with Crippen molar-refractivity contribution in [2.45, 2.75) is 143 Å². The highest BCUT2D eigenvalue weighted by molar-refractivity contribution is 5.98. The molecule has 0 aromatic heterocycles. The number of unbranched alkanes of at least 4 members (excludes halogenated alkanes) is 15. The number of ketones is 1. The van der Waals surface area contributed by atoms with Gasteiger partial charge in [0.15, 0.2) is 5.78 Å². The van der Waals surface area contributed by atoms with Gasteiger partial charge in [0.25, 0.3) is 5.69 Å². The van der Waals surface area contributed by atoms with E-state index in [4.69, 9.17) is 4.74 Å². The Bertz CT molecular complexity index is 1110. The van der Waals surface area contributed by atoms with Crippen molar-refractivity contribution in [3.8, 4) is 5.75 Å². The highest BCUT2D eigenvalue weighted by Crippen LogP contribution is 2.27. The summed E-state index contributed by atoms with van der Waals surface area (Å²) in [6.45, 7) is 6.99. The maximum absolute atomic E-state index is 12.8. The number of carbonyl (C=O) groups is 2. The Labute approximate surface area is 265 Å². The van der Waals surface area contributed by atoms with Crippen LogP contribution >= 0.6 is 0 Å². The first-order valence-electron chi connectivity index (χ1n) is 17.1. The fourth-order valence-corrected chi connectivity index (χ4v) is 5.57. The number of non-ortho nitro benzene ring substituents is 1. The highest BCUT2D eigenvalue weighted by Gasteiger charge is 2.14. The summed E-state index contributed by atoms with van der Waals surface area (Å²) in [6.07, 6.45) is 21.6. The average Bonchev–Trinajstić information content (AvgIpc) is 3.01. The molecular weight excluding hydrogens is 552 g/mol. The van der Waals surface area contributed by atoms with Crippen molar-refractivity contribution in [2.75, 3.05) is 6.54 Å². The zero-order chi connectivity index (χ0) is 32.0. The molecule has 7 heteroatoms. The second-order valence-electron chi connectivity index (χ2n) is 12.2. The van der Waals surface area contributed by atoms with Crippen LogP contribution < -0.4 is 10.1 Å². The number of nitrogens with one attached hydrogen (secondary N) is 1. The molecule has 1 amide bonds. The van der Waals surface area contributed by atoms with Gasteiger partial charge in [0.05, 0.1) is 4.92 Å². The van der Waals surface area contributed by atoms with E-state index >= 15 is 0 Å². The van der Waals surface area contributed by atoms with Gasteiger partial charge in [-0.1, -0.05) is 103 Å². The van der Waals surface area contributed by atoms with Gasteiger partial charge in [-0.05, 0) is 61.2 Å². The van der Waals surface area contributed by atoms with E-state index in [1.54, 1.807) is 24.3 Å². The van der Waals surface area contributed by atoms with Crippen LogP contribution in [0, 0.1) is 24.0 Å². The minimum absolute atomic E-state index is 0.0397. The molecular formula is C37H56N2O5. The first kappa shape index (κ1) is 37.0. The smallest absolute Gasteiger partial charge is 0.269 e. The van der Waals surface area contributed by atoms with Crippen molar-refractivity contribution < 1.29 is 19.2 Å². The van der Waals surface area contributed by atoms with Crippen LogP contribution in [0.2, 0.25) is 0 Å². The minimum atomic E-state index is -0.430. The fraction of sp³-hybridized carbons (Fsp3) is 0.622. The number of rotatable bonds is 25. The van der Waals surface area contributed by atoms with Crippen molar-refractivity contribution in [2.24, 2.45) is 0 Å². The summed E-state index contributed by atoms with van der Waals surface area (Å²) in [4.78, 5) is 35.5. The molecule has 0 aliphatic heterocycles. The van der Waals surface area contributed by atoms with Crippen LogP contribution in [0.1, 0.15) is 150 Å². The molecule has 0 unspecified atom stereocenters. The van der Waals surface area contributed by atoms with E-state index in [-0.39, 0.29) is 36.8 Å². The molecule has 0 atom stereocenters.